The lowest BCUT2D eigenvalue weighted by Crippen LogP contribution is -2.20. The Bertz CT molecular complexity index is 352. The quantitative estimate of drug-likeness (QED) is 0.746. The Hall–Kier alpha value is -1.78. The highest BCUT2D eigenvalue weighted by Gasteiger charge is 2.13. The molecular formula is C9H13N3O2. The summed E-state index contributed by atoms with van der Waals surface area (Å²) in [5.74, 6) is -0.525. The van der Waals surface area contributed by atoms with Crippen LogP contribution in [0.5, 0.6) is 0 Å². The molecule has 0 atom stereocenters. The molecule has 14 heavy (non-hydrogen) atoms. The van der Waals surface area contributed by atoms with Crippen LogP contribution in [-0.4, -0.2) is 29.7 Å². The van der Waals surface area contributed by atoms with Crippen LogP contribution in [0.25, 0.3) is 0 Å². The number of nitrogens with two attached hydrogens (primary N) is 1. The number of hydrogen-bond acceptors (Lipinski definition) is 4. The van der Waals surface area contributed by atoms with E-state index in [1.807, 2.05) is 14.0 Å². The lowest BCUT2D eigenvalue weighted by molar-refractivity contribution is 0.0698. The fraction of sp³-hybridized carbons (Fsp3) is 0.333. The number of rotatable bonds is 3. The van der Waals surface area contributed by atoms with E-state index in [4.69, 9.17) is 10.8 Å². The lowest BCUT2D eigenvalue weighted by Gasteiger charge is -2.18. The Morgan fingerprint density at radius 2 is 2.36 bits per heavy atom. The second-order valence-electron chi connectivity index (χ2n) is 2.92. The highest BCUT2D eigenvalue weighted by Crippen LogP contribution is 2.22. The molecule has 76 valence electrons. The average molecular weight is 195 g/mol. The minimum Gasteiger partial charge on any atom is -0.478 e. The van der Waals surface area contributed by atoms with Gasteiger partial charge < -0.3 is 15.7 Å². The molecular weight excluding hydrogens is 182 g/mol. The predicted octanol–water partition coefficient (Wildman–Crippen LogP) is 0.818. The summed E-state index contributed by atoms with van der Waals surface area (Å²) in [6.07, 6.45) is 1.45. The molecule has 0 spiro atoms. The molecule has 0 unspecified atom stereocenters. The Kier molecular flexibility index (Phi) is 2.91. The summed E-state index contributed by atoms with van der Waals surface area (Å²) in [6.45, 7) is 2.66. The van der Waals surface area contributed by atoms with Crippen LogP contribution in [0.3, 0.4) is 0 Å². The zero-order valence-electron chi connectivity index (χ0n) is 8.19. The highest BCUT2D eigenvalue weighted by atomic mass is 16.4. The van der Waals surface area contributed by atoms with Crippen LogP contribution in [0, 0.1) is 0 Å². The largest absolute Gasteiger partial charge is 0.478 e. The molecule has 0 aromatic carbocycles. The molecule has 0 amide bonds. The first-order valence-corrected chi connectivity index (χ1v) is 4.26. The van der Waals surface area contributed by atoms with E-state index in [9.17, 15) is 4.79 Å². The van der Waals surface area contributed by atoms with E-state index < -0.39 is 5.97 Å². The smallest absolute Gasteiger partial charge is 0.337 e. The number of carboxylic acids is 1. The molecule has 0 aliphatic heterocycles. The van der Waals surface area contributed by atoms with E-state index >= 15 is 0 Å². The molecule has 3 N–H and O–H groups in total. The SMILES string of the molecule is CCN(C)c1nccc(C(=O)O)c1N. The second-order valence-corrected chi connectivity index (χ2v) is 2.92. The van der Waals surface area contributed by atoms with Crippen molar-refractivity contribution < 1.29 is 9.90 Å². The molecule has 0 radical (unpaired) electrons. The van der Waals surface area contributed by atoms with E-state index in [2.05, 4.69) is 4.98 Å². The normalized spacial score (nSPS) is 9.86. The third kappa shape index (κ3) is 1.76. The monoisotopic (exact) mass is 195 g/mol. The molecule has 0 aliphatic carbocycles. The zero-order valence-corrected chi connectivity index (χ0v) is 8.19. The van der Waals surface area contributed by atoms with Gasteiger partial charge in [0.2, 0.25) is 0 Å². The molecule has 5 nitrogen and oxygen atoms in total. The van der Waals surface area contributed by atoms with E-state index in [0.29, 0.717) is 5.82 Å². The molecule has 1 rings (SSSR count). The number of aromatic nitrogens is 1. The molecule has 0 saturated carbocycles. The van der Waals surface area contributed by atoms with Crippen molar-refractivity contribution in [3.8, 4) is 0 Å². The summed E-state index contributed by atoms with van der Waals surface area (Å²) in [6, 6.07) is 1.39. The van der Waals surface area contributed by atoms with Crippen molar-refractivity contribution in [3.63, 3.8) is 0 Å². The van der Waals surface area contributed by atoms with Crippen molar-refractivity contribution in [3.05, 3.63) is 17.8 Å². The summed E-state index contributed by atoms with van der Waals surface area (Å²) < 4.78 is 0. The maximum absolute atomic E-state index is 10.8. The van der Waals surface area contributed by atoms with Crippen molar-refractivity contribution in [2.24, 2.45) is 0 Å². The first kappa shape index (κ1) is 10.3. The van der Waals surface area contributed by atoms with Crippen LogP contribution in [0.1, 0.15) is 17.3 Å². The van der Waals surface area contributed by atoms with Gasteiger partial charge in [-0.3, -0.25) is 0 Å². The van der Waals surface area contributed by atoms with Crippen LogP contribution in [-0.2, 0) is 0 Å². The molecule has 0 saturated heterocycles. The number of anilines is 2. The first-order valence-electron chi connectivity index (χ1n) is 4.26. The summed E-state index contributed by atoms with van der Waals surface area (Å²) in [5.41, 5.74) is 5.98. The second kappa shape index (κ2) is 3.95. The van der Waals surface area contributed by atoms with E-state index in [1.165, 1.54) is 12.3 Å². The van der Waals surface area contributed by atoms with Gasteiger partial charge in [0.05, 0.1) is 11.3 Å². The van der Waals surface area contributed by atoms with Gasteiger partial charge in [-0.1, -0.05) is 0 Å². The molecule has 1 aromatic heterocycles. The third-order valence-electron chi connectivity index (χ3n) is 2.04. The van der Waals surface area contributed by atoms with Gasteiger partial charge >= 0.3 is 5.97 Å². The lowest BCUT2D eigenvalue weighted by atomic mass is 10.2. The van der Waals surface area contributed by atoms with Crippen LogP contribution in [0.2, 0.25) is 0 Å². The minimum absolute atomic E-state index is 0.0929. The van der Waals surface area contributed by atoms with Gasteiger partial charge in [-0.05, 0) is 13.0 Å². The Labute approximate surface area is 82.2 Å². The van der Waals surface area contributed by atoms with Gasteiger partial charge in [-0.2, -0.15) is 0 Å². The highest BCUT2D eigenvalue weighted by molar-refractivity contribution is 5.96. The fourth-order valence-electron chi connectivity index (χ4n) is 1.10. The fourth-order valence-corrected chi connectivity index (χ4v) is 1.10. The van der Waals surface area contributed by atoms with Crippen molar-refractivity contribution in [2.75, 3.05) is 24.2 Å². The topological polar surface area (TPSA) is 79.5 Å². The van der Waals surface area contributed by atoms with Crippen molar-refractivity contribution in [1.82, 2.24) is 4.98 Å². The standard InChI is InChI=1S/C9H13N3O2/c1-3-12(2)8-7(10)6(9(13)14)4-5-11-8/h4-5H,3,10H2,1-2H3,(H,13,14). The van der Waals surface area contributed by atoms with Crippen molar-refractivity contribution in [2.45, 2.75) is 6.92 Å². The van der Waals surface area contributed by atoms with Crippen LogP contribution < -0.4 is 10.6 Å². The number of pyridine rings is 1. The van der Waals surface area contributed by atoms with Gasteiger partial charge in [-0.15, -0.1) is 0 Å². The summed E-state index contributed by atoms with van der Waals surface area (Å²) >= 11 is 0. The Morgan fingerprint density at radius 3 is 2.86 bits per heavy atom. The van der Waals surface area contributed by atoms with E-state index in [0.717, 1.165) is 6.54 Å². The van der Waals surface area contributed by atoms with Crippen molar-refractivity contribution >= 4 is 17.5 Å². The van der Waals surface area contributed by atoms with Gasteiger partial charge in [-0.25, -0.2) is 9.78 Å². The summed E-state index contributed by atoms with van der Waals surface area (Å²) in [7, 11) is 1.81. The Morgan fingerprint density at radius 1 is 1.71 bits per heavy atom. The molecule has 0 bridgehead atoms. The number of aromatic carboxylic acids is 1. The molecule has 5 heteroatoms. The van der Waals surface area contributed by atoms with Gasteiger partial charge in [0.1, 0.15) is 0 Å². The van der Waals surface area contributed by atoms with Gasteiger partial charge in [0.15, 0.2) is 5.82 Å². The third-order valence-corrected chi connectivity index (χ3v) is 2.04. The van der Waals surface area contributed by atoms with E-state index in [-0.39, 0.29) is 11.3 Å². The van der Waals surface area contributed by atoms with Crippen LogP contribution >= 0.6 is 0 Å². The number of nitrogens with zero attached hydrogens (tertiary/aromatic N) is 2. The maximum atomic E-state index is 10.8. The van der Waals surface area contributed by atoms with Crippen molar-refractivity contribution in [1.29, 1.82) is 0 Å². The number of carbonyl (C=O) groups is 1. The summed E-state index contributed by atoms with van der Waals surface area (Å²) in [5, 5.41) is 8.82. The Balaban J connectivity index is 3.20. The predicted molar refractivity (Wildman–Crippen MR) is 54.6 cm³/mol. The van der Waals surface area contributed by atoms with Gasteiger partial charge in [0, 0.05) is 19.8 Å². The average Bonchev–Trinajstić information content (AvgIpc) is 2.16. The first-order chi connectivity index (χ1) is 6.57. The van der Waals surface area contributed by atoms with Gasteiger partial charge in [0.25, 0.3) is 0 Å². The molecule has 1 aromatic rings. The van der Waals surface area contributed by atoms with Crippen LogP contribution in [0.15, 0.2) is 12.3 Å². The maximum Gasteiger partial charge on any atom is 0.337 e. The van der Waals surface area contributed by atoms with E-state index in [1.54, 1.807) is 4.90 Å². The molecule has 0 fully saturated rings. The minimum atomic E-state index is -1.03. The molecule has 1 heterocycles. The molecule has 0 aliphatic rings. The number of nitrogen functional groups attached to an aromatic ring is 1. The van der Waals surface area contributed by atoms with Crippen LogP contribution in [0.4, 0.5) is 11.5 Å². The summed E-state index contributed by atoms with van der Waals surface area (Å²) in [4.78, 5) is 16.6. The number of hydrogen-bond donors (Lipinski definition) is 2. The zero-order chi connectivity index (χ0) is 10.7. The number of carboxylic acid groups (broad SMARTS) is 1.